The maximum absolute atomic E-state index is 12.3. The summed E-state index contributed by atoms with van der Waals surface area (Å²) < 4.78 is 0. The molecule has 2 N–H and O–H groups in total. The Morgan fingerprint density at radius 3 is 2.11 bits per heavy atom. The molecule has 1 aliphatic rings. The molecule has 2 aromatic carbocycles. The highest BCUT2D eigenvalue weighted by Gasteiger charge is 2.34. The number of carbonyl (C=O) groups excluding carboxylic acids is 3. The molecule has 2 aromatic rings. The molecule has 0 aliphatic carbocycles. The van der Waals surface area contributed by atoms with Crippen molar-refractivity contribution in [3.05, 3.63) is 55.5 Å². The monoisotopic (exact) mass is 457 g/mol. The Bertz CT molecular complexity index is 1050. The van der Waals surface area contributed by atoms with Crippen LogP contribution in [-0.4, -0.2) is 23.4 Å². The predicted octanol–water partition coefficient (Wildman–Crippen LogP) is 5.04. The van der Waals surface area contributed by atoms with Crippen molar-refractivity contribution >= 4 is 81.2 Å². The van der Waals surface area contributed by atoms with Crippen molar-refractivity contribution in [2.45, 2.75) is 13.3 Å². The van der Waals surface area contributed by atoms with Crippen molar-refractivity contribution in [3.63, 3.8) is 0 Å². The van der Waals surface area contributed by atoms with E-state index in [1.54, 1.807) is 24.3 Å². The second kappa shape index (κ2) is 8.09. The van der Waals surface area contributed by atoms with E-state index >= 15 is 0 Å². The number of carbonyl (C=O) groups is 3. The van der Waals surface area contributed by atoms with Crippen molar-refractivity contribution in [1.29, 1.82) is 0 Å². The quantitative estimate of drug-likeness (QED) is 0.382. The minimum Gasteiger partial charge on any atom is -0.326 e. The molecule has 28 heavy (non-hydrogen) atoms. The topological polar surface area (TPSA) is 87.6 Å². The highest BCUT2D eigenvalue weighted by Crippen LogP contribution is 2.43. The number of benzene rings is 2. The van der Waals surface area contributed by atoms with E-state index in [-0.39, 0.29) is 49.3 Å². The molecule has 0 unspecified atom stereocenters. The van der Waals surface area contributed by atoms with Gasteiger partial charge in [0, 0.05) is 5.69 Å². The van der Waals surface area contributed by atoms with Crippen LogP contribution in [0, 0.1) is 0 Å². The largest absolute Gasteiger partial charge is 0.326 e. The molecule has 1 aliphatic heterocycles. The van der Waals surface area contributed by atoms with Crippen molar-refractivity contribution in [2.75, 3.05) is 5.32 Å². The average molecular weight is 459 g/mol. The van der Waals surface area contributed by atoms with Crippen LogP contribution in [0.2, 0.25) is 20.1 Å². The number of anilines is 1. The number of halogens is 4. The van der Waals surface area contributed by atoms with E-state index in [0.717, 1.165) is 0 Å². The van der Waals surface area contributed by atoms with Crippen LogP contribution in [-0.2, 0) is 9.59 Å². The standard InChI is InChI=1S/C18H11Cl4N3O3/c1-7(26)6-10(27)23-8-2-4-9(5-3-8)24-17-11-12(18(28)25-17)14(20)16(22)15(21)13(11)19/h2-5H,6H2,1H3,(H,23,27)(H,24,25,28). The number of aliphatic imine (C=N–C) groups is 1. The summed E-state index contributed by atoms with van der Waals surface area (Å²) in [5, 5.41) is 5.27. The molecule has 10 heteroatoms. The van der Waals surface area contributed by atoms with Gasteiger partial charge in [0.2, 0.25) is 5.91 Å². The second-order valence-corrected chi connectivity index (χ2v) is 7.41. The van der Waals surface area contributed by atoms with Crippen molar-refractivity contribution < 1.29 is 14.4 Å². The van der Waals surface area contributed by atoms with E-state index < -0.39 is 11.8 Å². The van der Waals surface area contributed by atoms with Gasteiger partial charge in [-0.2, -0.15) is 0 Å². The van der Waals surface area contributed by atoms with Crippen LogP contribution in [0.15, 0.2) is 29.3 Å². The van der Waals surface area contributed by atoms with Gasteiger partial charge in [-0.15, -0.1) is 0 Å². The van der Waals surface area contributed by atoms with Crippen LogP contribution in [0.25, 0.3) is 0 Å². The Kier molecular flexibility index (Phi) is 5.95. The number of fused-ring (bicyclic) bond motifs is 1. The van der Waals surface area contributed by atoms with Gasteiger partial charge in [0.15, 0.2) is 0 Å². The molecule has 0 radical (unpaired) electrons. The van der Waals surface area contributed by atoms with Gasteiger partial charge in [0.1, 0.15) is 11.6 Å². The molecular formula is C18H11Cl4N3O3. The molecule has 3 rings (SSSR count). The van der Waals surface area contributed by atoms with Crippen molar-refractivity contribution in [2.24, 2.45) is 4.99 Å². The SMILES string of the molecule is CC(=O)CC(=O)Nc1ccc(/N=C2/NC(=O)c3c(Cl)c(Cl)c(Cl)c(Cl)c32)cc1. The van der Waals surface area contributed by atoms with Gasteiger partial charge >= 0.3 is 0 Å². The Labute approximate surface area is 179 Å². The van der Waals surface area contributed by atoms with Crippen molar-refractivity contribution in [3.8, 4) is 0 Å². The number of ketones is 1. The first-order valence-corrected chi connectivity index (χ1v) is 9.36. The predicted molar refractivity (Wildman–Crippen MR) is 111 cm³/mol. The number of nitrogens with one attached hydrogen (secondary N) is 2. The van der Waals surface area contributed by atoms with Gasteiger partial charge in [-0.1, -0.05) is 46.4 Å². The maximum atomic E-state index is 12.3. The lowest BCUT2D eigenvalue weighted by Gasteiger charge is -2.08. The third-order valence-electron chi connectivity index (χ3n) is 3.76. The number of nitrogens with zero attached hydrogens (tertiary/aromatic N) is 1. The lowest BCUT2D eigenvalue weighted by atomic mass is 10.1. The number of Topliss-reactive ketones (excluding diaryl/α,β-unsaturated/α-hetero) is 1. The molecule has 6 nitrogen and oxygen atoms in total. The lowest BCUT2D eigenvalue weighted by Crippen LogP contribution is -2.21. The zero-order chi connectivity index (χ0) is 20.6. The lowest BCUT2D eigenvalue weighted by molar-refractivity contribution is -0.124. The highest BCUT2D eigenvalue weighted by atomic mass is 35.5. The summed E-state index contributed by atoms with van der Waals surface area (Å²) in [5.74, 6) is -0.951. The minimum atomic E-state index is -0.493. The Balaban J connectivity index is 1.92. The Hall–Kier alpha value is -2.12. The molecule has 0 saturated heterocycles. The van der Waals surface area contributed by atoms with Gasteiger partial charge in [-0.3, -0.25) is 14.4 Å². The zero-order valence-electron chi connectivity index (χ0n) is 14.2. The minimum absolute atomic E-state index is 0.00250. The van der Waals surface area contributed by atoms with Gasteiger partial charge < -0.3 is 10.6 Å². The summed E-state index contributed by atoms with van der Waals surface area (Å²) in [5.41, 5.74) is 1.35. The van der Waals surface area contributed by atoms with E-state index in [2.05, 4.69) is 15.6 Å². The molecule has 0 atom stereocenters. The van der Waals surface area contributed by atoms with E-state index in [9.17, 15) is 14.4 Å². The first kappa shape index (κ1) is 20.6. The fourth-order valence-corrected chi connectivity index (χ4v) is 3.59. The molecule has 1 heterocycles. The summed E-state index contributed by atoms with van der Waals surface area (Å²) in [6, 6.07) is 6.46. The maximum Gasteiger partial charge on any atom is 0.259 e. The summed E-state index contributed by atoms with van der Waals surface area (Å²) in [6.45, 7) is 1.34. The summed E-state index contributed by atoms with van der Waals surface area (Å²) >= 11 is 24.5. The van der Waals surface area contributed by atoms with Crippen LogP contribution in [0.5, 0.6) is 0 Å². The van der Waals surface area contributed by atoms with Gasteiger partial charge in [-0.25, -0.2) is 4.99 Å². The van der Waals surface area contributed by atoms with E-state index in [1.165, 1.54) is 6.92 Å². The smallest absolute Gasteiger partial charge is 0.259 e. The molecule has 0 bridgehead atoms. The van der Waals surface area contributed by atoms with Gasteiger partial charge in [0.25, 0.3) is 5.91 Å². The van der Waals surface area contributed by atoms with Crippen LogP contribution >= 0.6 is 46.4 Å². The van der Waals surface area contributed by atoms with Crippen LogP contribution in [0.4, 0.5) is 11.4 Å². The fraction of sp³-hybridized carbons (Fsp3) is 0.111. The highest BCUT2D eigenvalue weighted by molar-refractivity contribution is 6.55. The van der Waals surface area contributed by atoms with Gasteiger partial charge in [0.05, 0.1) is 43.3 Å². The van der Waals surface area contributed by atoms with E-state index in [1.807, 2.05) is 0 Å². The summed E-state index contributed by atoms with van der Waals surface area (Å²) in [7, 11) is 0. The number of hydrogen-bond acceptors (Lipinski definition) is 4. The Morgan fingerprint density at radius 2 is 1.54 bits per heavy atom. The Morgan fingerprint density at radius 1 is 0.964 bits per heavy atom. The average Bonchev–Trinajstić information content (AvgIpc) is 2.95. The molecule has 0 fully saturated rings. The first-order chi connectivity index (χ1) is 13.2. The number of amidine groups is 1. The molecule has 0 aromatic heterocycles. The first-order valence-electron chi connectivity index (χ1n) is 7.84. The normalized spacial score (nSPS) is 14.0. The molecule has 0 spiro atoms. The number of amides is 2. The fourth-order valence-electron chi connectivity index (χ4n) is 2.56. The number of rotatable bonds is 4. The zero-order valence-corrected chi connectivity index (χ0v) is 17.2. The van der Waals surface area contributed by atoms with E-state index in [4.69, 9.17) is 46.4 Å². The third-order valence-corrected chi connectivity index (χ3v) is 5.57. The summed E-state index contributed by atoms with van der Waals surface area (Å²) in [6.07, 6.45) is -0.199. The van der Waals surface area contributed by atoms with Crippen molar-refractivity contribution in [1.82, 2.24) is 5.32 Å². The molecule has 144 valence electrons. The second-order valence-electron chi connectivity index (χ2n) is 5.89. The molecule has 2 amide bonds. The molecule has 0 saturated carbocycles. The molecular weight excluding hydrogens is 448 g/mol. The van der Waals surface area contributed by atoms with E-state index in [0.29, 0.717) is 11.4 Å². The van der Waals surface area contributed by atoms with Gasteiger partial charge in [-0.05, 0) is 31.2 Å². The van der Waals surface area contributed by atoms with Crippen LogP contribution in [0.3, 0.4) is 0 Å². The van der Waals surface area contributed by atoms with Crippen LogP contribution in [0.1, 0.15) is 29.3 Å². The summed E-state index contributed by atoms with van der Waals surface area (Å²) in [4.78, 5) is 39.2. The number of hydrogen-bond donors (Lipinski definition) is 2. The van der Waals surface area contributed by atoms with Crippen LogP contribution < -0.4 is 10.6 Å². The third kappa shape index (κ3) is 4.00.